The van der Waals surface area contributed by atoms with E-state index in [2.05, 4.69) is 15.2 Å². The molecule has 0 bridgehead atoms. The van der Waals surface area contributed by atoms with E-state index in [-0.39, 0.29) is 5.91 Å². The summed E-state index contributed by atoms with van der Waals surface area (Å²) in [5.41, 5.74) is 1.05. The Kier molecular flexibility index (Phi) is 5.75. The molecule has 2 aromatic rings. The molecule has 1 N–H and O–H groups in total. The molecule has 8 heteroatoms. The minimum absolute atomic E-state index is 0.308. The lowest BCUT2D eigenvalue weighted by atomic mass is 10.2. The number of nitrogens with zero attached hydrogens (tertiary/aromatic N) is 2. The Morgan fingerprint density at radius 3 is 2.84 bits per heavy atom. The predicted molar refractivity (Wildman–Crippen MR) is 93.9 cm³/mol. The van der Waals surface area contributed by atoms with Gasteiger partial charge in [-0.3, -0.25) is 9.69 Å². The summed E-state index contributed by atoms with van der Waals surface area (Å²) >= 11 is 1.45. The number of esters is 1. The lowest BCUT2D eigenvalue weighted by Crippen LogP contribution is -2.35. The van der Waals surface area contributed by atoms with E-state index in [9.17, 15) is 9.59 Å². The van der Waals surface area contributed by atoms with Crippen LogP contribution in [-0.4, -0.2) is 55.2 Å². The van der Waals surface area contributed by atoms with Crippen molar-refractivity contribution in [3.63, 3.8) is 0 Å². The average Bonchev–Trinajstić information content (AvgIpc) is 3.11. The molecule has 3 rings (SSSR count). The third-order valence-electron chi connectivity index (χ3n) is 3.83. The zero-order chi connectivity index (χ0) is 17.6. The minimum atomic E-state index is -0.498. The van der Waals surface area contributed by atoms with Crippen molar-refractivity contribution in [2.45, 2.75) is 6.54 Å². The highest BCUT2D eigenvalue weighted by molar-refractivity contribution is 7.09. The van der Waals surface area contributed by atoms with Crippen molar-refractivity contribution in [2.75, 3.05) is 38.7 Å². The fourth-order valence-electron chi connectivity index (χ4n) is 2.50. The van der Waals surface area contributed by atoms with Gasteiger partial charge in [-0.25, -0.2) is 9.78 Å². The average molecular weight is 361 g/mol. The van der Waals surface area contributed by atoms with Crippen LogP contribution < -0.4 is 5.32 Å². The van der Waals surface area contributed by atoms with E-state index in [1.807, 2.05) is 0 Å². The molecule has 25 heavy (non-hydrogen) atoms. The van der Waals surface area contributed by atoms with Crippen LogP contribution in [0.25, 0.3) is 0 Å². The molecule has 132 valence electrons. The number of methoxy groups -OCH3 is 1. The number of ether oxygens (including phenoxy) is 2. The number of aromatic nitrogens is 1. The van der Waals surface area contributed by atoms with Crippen LogP contribution in [0, 0.1) is 0 Å². The molecule has 7 nitrogen and oxygen atoms in total. The smallest absolute Gasteiger partial charge is 0.339 e. The highest BCUT2D eigenvalue weighted by Crippen LogP contribution is 2.19. The summed E-state index contributed by atoms with van der Waals surface area (Å²) in [7, 11) is 1.30. The fourth-order valence-corrected chi connectivity index (χ4v) is 3.32. The van der Waals surface area contributed by atoms with Gasteiger partial charge in [0.25, 0.3) is 5.91 Å². The summed E-state index contributed by atoms with van der Waals surface area (Å²) in [6.07, 6.45) is 0. The number of thiazole rings is 1. The molecule has 1 aliphatic heterocycles. The van der Waals surface area contributed by atoms with Crippen LogP contribution in [0.2, 0.25) is 0 Å². The van der Waals surface area contributed by atoms with Crippen molar-refractivity contribution < 1.29 is 19.1 Å². The van der Waals surface area contributed by atoms with Crippen LogP contribution in [0.3, 0.4) is 0 Å². The molecule has 1 fully saturated rings. The van der Waals surface area contributed by atoms with Gasteiger partial charge >= 0.3 is 5.97 Å². The molecule has 1 saturated heterocycles. The number of carbonyl (C=O) groups is 2. The van der Waals surface area contributed by atoms with Gasteiger partial charge in [0.1, 0.15) is 10.7 Å². The fraction of sp³-hybridized carbons (Fsp3) is 0.353. The molecule has 0 radical (unpaired) electrons. The van der Waals surface area contributed by atoms with Crippen molar-refractivity contribution in [1.29, 1.82) is 0 Å². The zero-order valence-corrected chi connectivity index (χ0v) is 14.7. The van der Waals surface area contributed by atoms with Crippen molar-refractivity contribution in [3.05, 3.63) is 45.9 Å². The van der Waals surface area contributed by atoms with Crippen LogP contribution in [0.5, 0.6) is 0 Å². The van der Waals surface area contributed by atoms with Crippen LogP contribution in [-0.2, 0) is 16.0 Å². The first-order chi connectivity index (χ1) is 12.2. The Morgan fingerprint density at radius 1 is 1.32 bits per heavy atom. The molecule has 0 saturated carbocycles. The quantitative estimate of drug-likeness (QED) is 0.821. The molecule has 1 aromatic heterocycles. The van der Waals surface area contributed by atoms with E-state index in [0.717, 1.165) is 31.3 Å². The predicted octanol–water partition coefficient (Wildman–Crippen LogP) is 2.01. The topological polar surface area (TPSA) is 80.8 Å². The van der Waals surface area contributed by atoms with Gasteiger partial charge in [-0.15, -0.1) is 11.3 Å². The first-order valence-corrected chi connectivity index (χ1v) is 8.78. The van der Waals surface area contributed by atoms with Crippen molar-refractivity contribution in [3.8, 4) is 0 Å². The Morgan fingerprint density at radius 2 is 2.08 bits per heavy atom. The van der Waals surface area contributed by atoms with Crippen LogP contribution in [0.15, 0.2) is 29.6 Å². The number of carbonyl (C=O) groups excluding carboxylic acids is 2. The number of morpholine rings is 1. The van der Waals surface area contributed by atoms with Gasteiger partial charge in [-0.1, -0.05) is 12.1 Å². The molecule has 0 unspecified atom stereocenters. The maximum Gasteiger partial charge on any atom is 0.339 e. The molecule has 0 spiro atoms. The van der Waals surface area contributed by atoms with E-state index in [4.69, 9.17) is 9.47 Å². The third kappa shape index (κ3) is 4.41. The third-order valence-corrected chi connectivity index (χ3v) is 4.66. The van der Waals surface area contributed by atoms with Gasteiger partial charge in [0, 0.05) is 18.5 Å². The minimum Gasteiger partial charge on any atom is -0.465 e. The number of benzene rings is 1. The Labute approximate surface area is 149 Å². The number of hydrogen-bond acceptors (Lipinski definition) is 7. The Hall–Kier alpha value is -2.29. The lowest BCUT2D eigenvalue weighted by Gasteiger charge is -2.25. The summed E-state index contributed by atoms with van der Waals surface area (Å²) in [5, 5.41) is 5.34. The first kappa shape index (κ1) is 17.5. The maximum absolute atomic E-state index is 12.4. The van der Waals surface area contributed by atoms with E-state index in [0.29, 0.717) is 23.5 Å². The van der Waals surface area contributed by atoms with Crippen molar-refractivity contribution in [1.82, 2.24) is 9.88 Å². The summed E-state index contributed by atoms with van der Waals surface area (Å²) < 4.78 is 10.1. The second-order valence-corrected chi connectivity index (χ2v) is 6.45. The lowest BCUT2D eigenvalue weighted by molar-refractivity contribution is 0.0341. The standard InChI is InChI=1S/C17H19N3O4S/c1-23-17(22)12-4-2-3-5-13(12)19-16(21)14-11-25-15(18-14)10-20-6-8-24-9-7-20/h2-5,11H,6-10H2,1H3,(H,19,21). The second-order valence-electron chi connectivity index (χ2n) is 5.51. The van der Waals surface area contributed by atoms with Crippen molar-refractivity contribution >= 4 is 28.9 Å². The molecule has 1 aliphatic rings. The van der Waals surface area contributed by atoms with E-state index in [1.54, 1.807) is 29.6 Å². The number of hydrogen-bond donors (Lipinski definition) is 1. The molecule has 1 amide bonds. The molecule has 0 atom stereocenters. The summed E-state index contributed by atoms with van der Waals surface area (Å²) in [4.78, 5) is 30.9. The van der Waals surface area contributed by atoms with Gasteiger partial charge in [0.15, 0.2) is 0 Å². The Bertz CT molecular complexity index is 756. The highest BCUT2D eigenvalue weighted by Gasteiger charge is 2.18. The van der Waals surface area contributed by atoms with Crippen LogP contribution in [0.1, 0.15) is 25.9 Å². The summed E-state index contributed by atoms with van der Waals surface area (Å²) in [5.74, 6) is -0.844. The van der Waals surface area contributed by atoms with Crippen LogP contribution in [0.4, 0.5) is 5.69 Å². The molecule has 0 aliphatic carbocycles. The van der Waals surface area contributed by atoms with Gasteiger partial charge in [0.05, 0.1) is 38.1 Å². The SMILES string of the molecule is COC(=O)c1ccccc1NC(=O)c1csc(CN2CCOCC2)n1. The highest BCUT2D eigenvalue weighted by atomic mass is 32.1. The largest absolute Gasteiger partial charge is 0.465 e. The monoisotopic (exact) mass is 361 g/mol. The molecule has 1 aromatic carbocycles. The van der Waals surface area contributed by atoms with E-state index >= 15 is 0 Å². The van der Waals surface area contributed by atoms with Gasteiger partial charge in [-0.05, 0) is 12.1 Å². The van der Waals surface area contributed by atoms with E-state index < -0.39 is 5.97 Å². The maximum atomic E-state index is 12.4. The first-order valence-electron chi connectivity index (χ1n) is 7.90. The second kappa shape index (κ2) is 8.19. The zero-order valence-electron chi connectivity index (χ0n) is 13.9. The van der Waals surface area contributed by atoms with Crippen LogP contribution >= 0.6 is 11.3 Å². The summed E-state index contributed by atoms with van der Waals surface area (Å²) in [6, 6.07) is 6.72. The molecular weight excluding hydrogens is 342 g/mol. The van der Waals surface area contributed by atoms with Crippen molar-refractivity contribution in [2.24, 2.45) is 0 Å². The van der Waals surface area contributed by atoms with Gasteiger partial charge < -0.3 is 14.8 Å². The normalized spacial score (nSPS) is 14.9. The number of para-hydroxylation sites is 1. The molecule has 2 heterocycles. The molecular formula is C17H19N3O4S. The summed E-state index contributed by atoms with van der Waals surface area (Å²) in [6.45, 7) is 3.90. The Balaban J connectivity index is 1.67. The number of amides is 1. The van der Waals surface area contributed by atoms with Gasteiger partial charge in [0.2, 0.25) is 0 Å². The number of anilines is 1. The van der Waals surface area contributed by atoms with Gasteiger partial charge in [-0.2, -0.15) is 0 Å². The number of nitrogens with one attached hydrogen (secondary N) is 1. The number of rotatable bonds is 5. The van der Waals surface area contributed by atoms with E-state index in [1.165, 1.54) is 18.4 Å².